The zero-order chi connectivity index (χ0) is 21.8. The van der Waals surface area contributed by atoms with Crippen LogP contribution in [0.2, 0.25) is 0 Å². The minimum absolute atomic E-state index is 0.0179. The minimum atomic E-state index is -0.769. The van der Waals surface area contributed by atoms with Crippen molar-refractivity contribution >= 4 is 22.4 Å². The number of aliphatic hydroxyl groups excluding tert-OH is 1. The summed E-state index contributed by atoms with van der Waals surface area (Å²) in [4.78, 5) is 21.0. The molecule has 4 rings (SSSR count). The number of aliphatic hydroxyl groups is 1. The number of Topliss-reactive ketones (excluding diaryl/α,β-unsaturated/α-hetero) is 1. The van der Waals surface area contributed by atoms with Crippen molar-refractivity contribution in [3.05, 3.63) is 89.6 Å². The molecule has 0 aliphatic heterocycles. The molecule has 2 aromatic heterocycles. The first-order valence-corrected chi connectivity index (χ1v) is 9.86. The Morgan fingerprint density at radius 3 is 2.77 bits per heavy atom. The number of hydrogen-bond acceptors (Lipinski definition) is 5. The quantitative estimate of drug-likeness (QED) is 0.371. The van der Waals surface area contributed by atoms with E-state index in [1.165, 1.54) is 12.1 Å². The molecule has 0 bridgehead atoms. The van der Waals surface area contributed by atoms with Gasteiger partial charge in [0.2, 0.25) is 0 Å². The SMILES string of the molecule is COc1cncc(NC(C(=O)c2c[nH]c3c(CCO)cccc23)c2ccc(F)cc2)c1. The van der Waals surface area contributed by atoms with Crippen molar-refractivity contribution in [3.63, 3.8) is 0 Å². The van der Waals surface area contributed by atoms with Gasteiger partial charge in [-0.3, -0.25) is 9.78 Å². The normalized spacial score (nSPS) is 12.0. The van der Waals surface area contributed by atoms with Gasteiger partial charge < -0.3 is 20.1 Å². The summed E-state index contributed by atoms with van der Waals surface area (Å²) in [5.41, 5.74) is 3.48. The summed E-state index contributed by atoms with van der Waals surface area (Å²) in [5, 5.41) is 13.3. The number of benzene rings is 2. The Morgan fingerprint density at radius 1 is 1.23 bits per heavy atom. The Labute approximate surface area is 178 Å². The molecule has 1 atom stereocenters. The van der Waals surface area contributed by atoms with Crippen LogP contribution in [0.5, 0.6) is 5.75 Å². The fraction of sp³-hybridized carbons (Fsp3) is 0.167. The molecule has 1 unspecified atom stereocenters. The van der Waals surface area contributed by atoms with E-state index in [1.54, 1.807) is 43.9 Å². The third-order valence-electron chi connectivity index (χ3n) is 5.17. The maximum absolute atomic E-state index is 13.7. The molecule has 0 amide bonds. The average Bonchev–Trinajstić information content (AvgIpc) is 3.23. The molecule has 0 aliphatic carbocycles. The number of anilines is 1. The minimum Gasteiger partial charge on any atom is -0.495 e. The molecule has 0 spiro atoms. The lowest BCUT2D eigenvalue weighted by Gasteiger charge is -2.19. The second-order valence-corrected chi connectivity index (χ2v) is 7.12. The molecule has 0 aliphatic rings. The highest BCUT2D eigenvalue weighted by molar-refractivity contribution is 6.12. The lowest BCUT2D eigenvalue weighted by molar-refractivity contribution is 0.0971. The monoisotopic (exact) mass is 419 g/mol. The van der Waals surface area contributed by atoms with E-state index in [2.05, 4.69) is 15.3 Å². The third-order valence-corrected chi connectivity index (χ3v) is 5.17. The van der Waals surface area contributed by atoms with E-state index in [0.29, 0.717) is 29.0 Å². The summed E-state index contributed by atoms with van der Waals surface area (Å²) < 4.78 is 18.7. The predicted molar refractivity (Wildman–Crippen MR) is 117 cm³/mol. The largest absolute Gasteiger partial charge is 0.495 e. The highest BCUT2D eigenvalue weighted by atomic mass is 19.1. The average molecular weight is 419 g/mol. The van der Waals surface area contributed by atoms with Gasteiger partial charge in [-0.1, -0.05) is 30.3 Å². The number of aromatic amines is 1. The Morgan fingerprint density at radius 2 is 2.03 bits per heavy atom. The highest BCUT2D eigenvalue weighted by Gasteiger charge is 2.25. The maximum atomic E-state index is 13.7. The lowest BCUT2D eigenvalue weighted by Crippen LogP contribution is -2.21. The predicted octanol–water partition coefficient (Wildman–Crippen LogP) is 4.28. The van der Waals surface area contributed by atoms with Crippen LogP contribution in [0.3, 0.4) is 0 Å². The van der Waals surface area contributed by atoms with E-state index >= 15 is 0 Å². The number of fused-ring (bicyclic) bond motifs is 1. The number of nitrogens with zero attached hydrogens (tertiary/aromatic N) is 1. The van der Waals surface area contributed by atoms with Crippen molar-refractivity contribution < 1.29 is 19.0 Å². The summed E-state index contributed by atoms with van der Waals surface area (Å²) in [5.74, 6) is -0.00314. The molecular formula is C24H22FN3O3. The summed E-state index contributed by atoms with van der Waals surface area (Å²) >= 11 is 0. The lowest BCUT2D eigenvalue weighted by atomic mass is 9.96. The van der Waals surface area contributed by atoms with E-state index in [4.69, 9.17) is 4.74 Å². The number of ketones is 1. The molecule has 2 heterocycles. The number of nitrogens with one attached hydrogen (secondary N) is 2. The third kappa shape index (κ3) is 4.27. The molecule has 158 valence electrons. The second-order valence-electron chi connectivity index (χ2n) is 7.12. The van der Waals surface area contributed by atoms with Crippen LogP contribution in [0.25, 0.3) is 10.9 Å². The molecular weight excluding hydrogens is 397 g/mol. The molecule has 7 heteroatoms. The first kappa shape index (κ1) is 20.6. The summed E-state index contributed by atoms with van der Waals surface area (Å²) in [7, 11) is 1.54. The van der Waals surface area contributed by atoms with Gasteiger partial charge in [0, 0.05) is 35.3 Å². The number of halogens is 1. The van der Waals surface area contributed by atoms with Crippen LogP contribution < -0.4 is 10.1 Å². The van der Waals surface area contributed by atoms with Crippen LogP contribution in [0.15, 0.2) is 67.1 Å². The Hall–Kier alpha value is -3.71. The van der Waals surface area contributed by atoms with Crippen LogP contribution in [0.4, 0.5) is 10.1 Å². The van der Waals surface area contributed by atoms with Gasteiger partial charge in [0.25, 0.3) is 0 Å². The summed E-state index contributed by atoms with van der Waals surface area (Å²) in [6, 6.07) is 12.5. The van der Waals surface area contributed by atoms with Crippen molar-refractivity contribution in [1.82, 2.24) is 9.97 Å². The van der Waals surface area contributed by atoms with Gasteiger partial charge in [0.1, 0.15) is 17.6 Å². The van der Waals surface area contributed by atoms with E-state index in [0.717, 1.165) is 16.5 Å². The number of carbonyl (C=O) groups excluding carboxylic acids is 1. The summed E-state index contributed by atoms with van der Waals surface area (Å²) in [6.07, 6.45) is 5.33. The number of rotatable bonds is 8. The van der Waals surface area contributed by atoms with Gasteiger partial charge >= 0.3 is 0 Å². The van der Waals surface area contributed by atoms with Crippen LogP contribution in [0, 0.1) is 5.82 Å². The molecule has 0 saturated heterocycles. The van der Waals surface area contributed by atoms with E-state index in [-0.39, 0.29) is 18.2 Å². The van der Waals surface area contributed by atoms with Crippen molar-refractivity contribution in [1.29, 1.82) is 0 Å². The van der Waals surface area contributed by atoms with Gasteiger partial charge in [-0.15, -0.1) is 0 Å². The zero-order valence-electron chi connectivity index (χ0n) is 16.9. The Balaban J connectivity index is 1.76. The van der Waals surface area contributed by atoms with Gasteiger partial charge in [0.05, 0.1) is 25.2 Å². The second kappa shape index (κ2) is 8.97. The molecule has 31 heavy (non-hydrogen) atoms. The Kier molecular flexibility index (Phi) is 5.95. The fourth-order valence-corrected chi connectivity index (χ4v) is 3.64. The Bertz CT molecular complexity index is 1200. The molecule has 0 radical (unpaired) electrons. The number of hydrogen-bond donors (Lipinski definition) is 3. The first-order valence-electron chi connectivity index (χ1n) is 9.86. The van der Waals surface area contributed by atoms with Crippen LogP contribution in [-0.4, -0.2) is 34.6 Å². The van der Waals surface area contributed by atoms with E-state index in [1.807, 2.05) is 18.2 Å². The van der Waals surface area contributed by atoms with Crippen molar-refractivity contribution in [2.24, 2.45) is 0 Å². The number of aromatic nitrogens is 2. The van der Waals surface area contributed by atoms with Crippen molar-refractivity contribution in [2.75, 3.05) is 19.0 Å². The smallest absolute Gasteiger partial charge is 0.191 e. The molecule has 0 fully saturated rings. The van der Waals surface area contributed by atoms with Gasteiger partial charge in [0.15, 0.2) is 5.78 Å². The molecule has 3 N–H and O–H groups in total. The maximum Gasteiger partial charge on any atom is 0.191 e. The fourth-order valence-electron chi connectivity index (χ4n) is 3.64. The number of pyridine rings is 1. The van der Waals surface area contributed by atoms with Crippen molar-refractivity contribution in [2.45, 2.75) is 12.5 Å². The van der Waals surface area contributed by atoms with Crippen LogP contribution in [0.1, 0.15) is 27.5 Å². The number of para-hydroxylation sites is 1. The number of methoxy groups -OCH3 is 1. The zero-order valence-corrected chi connectivity index (χ0v) is 16.9. The number of ether oxygens (including phenoxy) is 1. The van der Waals surface area contributed by atoms with Gasteiger partial charge in [-0.25, -0.2) is 4.39 Å². The molecule has 6 nitrogen and oxygen atoms in total. The molecule has 4 aromatic rings. The standard InChI is InChI=1S/C24H22FN3O3/c1-31-19-11-18(12-26-13-19)28-23(16-5-7-17(25)8-6-16)24(30)21-14-27-22-15(9-10-29)3-2-4-20(21)22/h2-8,11-14,23,27-29H,9-10H2,1H3. The molecule has 0 saturated carbocycles. The molecule has 2 aromatic carbocycles. The van der Waals surface area contributed by atoms with Gasteiger partial charge in [-0.2, -0.15) is 0 Å². The van der Waals surface area contributed by atoms with Crippen LogP contribution in [-0.2, 0) is 6.42 Å². The highest BCUT2D eigenvalue weighted by Crippen LogP contribution is 2.30. The van der Waals surface area contributed by atoms with E-state index < -0.39 is 6.04 Å². The summed E-state index contributed by atoms with van der Waals surface area (Å²) in [6.45, 7) is 0.0179. The van der Waals surface area contributed by atoms with Crippen LogP contribution >= 0.6 is 0 Å². The first-order chi connectivity index (χ1) is 15.1. The van der Waals surface area contributed by atoms with Crippen molar-refractivity contribution in [3.8, 4) is 5.75 Å². The number of carbonyl (C=O) groups is 1. The topological polar surface area (TPSA) is 87.2 Å². The van der Waals surface area contributed by atoms with E-state index in [9.17, 15) is 14.3 Å². The number of H-pyrrole nitrogens is 1. The van der Waals surface area contributed by atoms with Gasteiger partial charge in [-0.05, 0) is 29.7 Å².